The van der Waals surface area contributed by atoms with E-state index in [1.165, 1.54) is 0 Å². The summed E-state index contributed by atoms with van der Waals surface area (Å²) in [5.41, 5.74) is 5.05. The van der Waals surface area contributed by atoms with E-state index in [1.807, 2.05) is 13.8 Å². The maximum atomic E-state index is 12.6. The molecule has 0 bridgehead atoms. The van der Waals surface area contributed by atoms with Gasteiger partial charge in [-0.3, -0.25) is 0 Å². The first-order valence-electron chi connectivity index (χ1n) is 6.84. The lowest BCUT2D eigenvalue weighted by Gasteiger charge is -2.30. The molecule has 1 aliphatic rings. The Morgan fingerprint density at radius 3 is 2.45 bits per heavy atom. The number of benzene rings is 1. The number of sulfonamides is 1. The van der Waals surface area contributed by atoms with Crippen molar-refractivity contribution in [1.82, 2.24) is 4.31 Å². The SMILES string of the molecule is CC1(C)CCCN1S(=O)(=O)c1ccc(OCCN)cc1. The fourth-order valence-electron chi connectivity index (χ4n) is 2.54. The van der Waals surface area contributed by atoms with E-state index in [4.69, 9.17) is 10.5 Å². The van der Waals surface area contributed by atoms with Crippen LogP contribution in [-0.2, 0) is 10.0 Å². The van der Waals surface area contributed by atoms with E-state index in [1.54, 1.807) is 28.6 Å². The van der Waals surface area contributed by atoms with Gasteiger partial charge in [-0.25, -0.2) is 8.42 Å². The van der Waals surface area contributed by atoms with Crippen molar-refractivity contribution in [3.63, 3.8) is 0 Å². The molecule has 1 saturated heterocycles. The van der Waals surface area contributed by atoms with Crippen LogP contribution in [0.5, 0.6) is 5.75 Å². The van der Waals surface area contributed by atoms with Gasteiger partial charge in [0.25, 0.3) is 0 Å². The first-order valence-corrected chi connectivity index (χ1v) is 8.28. The van der Waals surface area contributed by atoms with Crippen LogP contribution in [0.1, 0.15) is 26.7 Å². The van der Waals surface area contributed by atoms with Gasteiger partial charge >= 0.3 is 0 Å². The summed E-state index contributed by atoms with van der Waals surface area (Å²) in [7, 11) is -3.43. The van der Waals surface area contributed by atoms with E-state index >= 15 is 0 Å². The molecule has 5 nitrogen and oxygen atoms in total. The van der Waals surface area contributed by atoms with Crippen LogP contribution < -0.4 is 10.5 Å². The Labute approximate surface area is 120 Å². The van der Waals surface area contributed by atoms with Crippen molar-refractivity contribution in [3.8, 4) is 5.75 Å². The molecule has 0 radical (unpaired) electrons. The number of nitrogens with two attached hydrogens (primary N) is 1. The van der Waals surface area contributed by atoms with Gasteiger partial charge in [0, 0.05) is 18.6 Å². The van der Waals surface area contributed by atoms with Gasteiger partial charge in [0.05, 0.1) is 4.90 Å². The molecule has 0 atom stereocenters. The molecule has 1 fully saturated rings. The normalized spacial score (nSPS) is 19.1. The quantitative estimate of drug-likeness (QED) is 0.896. The van der Waals surface area contributed by atoms with Crippen LogP contribution in [0, 0.1) is 0 Å². The third kappa shape index (κ3) is 2.97. The summed E-state index contributed by atoms with van der Waals surface area (Å²) >= 11 is 0. The molecule has 0 spiro atoms. The highest BCUT2D eigenvalue weighted by atomic mass is 32.2. The van der Waals surface area contributed by atoms with Crippen molar-refractivity contribution in [2.24, 2.45) is 5.73 Å². The third-order valence-electron chi connectivity index (χ3n) is 3.62. The lowest BCUT2D eigenvalue weighted by atomic mass is 10.0. The molecule has 2 rings (SSSR count). The van der Waals surface area contributed by atoms with Crippen LogP contribution >= 0.6 is 0 Å². The van der Waals surface area contributed by atoms with Crippen molar-refractivity contribution < 1.29 is 13.2 Å². The van der Waals surface area contributed by atoms with E-state index in [9.17, 15) is 8.42 Å². The van der Waals surface area contributed by atoms with Gasteiger partial charge in [-0.2, -0.15) is 4.31 Å². The molecule has 1 aromatic carbocycles. The van der Waals surface area contributed by atoms with Crippen LogP contribution in [0.15, 0.2) is 29.2 Å². The second-order valence-electron chi connectivity index (χ2n) is 5.60. The van der Waals surface area contributed by atoms with Crippen LogP contribution in [0.25, 0.3) is 0 Å². The molecule has 0 saturated carbocycles. The largest absolute Gasteiger partial charge is 0.492 e. The molecule has 0 aromatic heterocycles. The highest BCUT2D eigenvalue weighted by molar-refractivity contribution is 7.89. The molecule has 0 aliphatic carbocycles. The zero-order valence-corrected chi connectivity index (χ0v) is 12.8. The molecule has 112 valence electrons. The van der Waals surface area contributed by atoms with Crippen molar-refractivity contribution in [2.45, 2.75) is 37.1 Å². The molecule has 1 aromatic rings. The van der Waals surface area contributed by atoms with Crippen LogP contribution in [-0.4, -0.2) is 38.0 Å². The topological polar surface area (TPSA) is 72.6 Å². The predicted octanol–water partition coefficient (Wildman–Crippen LogP) is 1.59. The average molecular weight is 298 g/mol. The number of hydrogen-bond donors (Lipinski definition) is 1. The second-order valence-corrected chi connectivity index (χ2v) is 7.46. The van der Waals surface area contributed by atoms with E-state index in [2.05, 4.69) is 0 Å². The molecule has 6 heteroatoms. The Hall–Kier alpha value is -1.11. The molecule has 1 heterocycles. The van der Waals surface area contributed by atoms with Gasteiger partial charge in [0.15, 0.2) is 0 Å². The molecule has 2 N–H and O–H groups in total. The lowest BCUT2D eigenvalue weighted by molar-refractivity contribution is 0.291. The Morgan fingerprint density at radius 1 is 1.30 bits per heavy atom. The first kappa shape index (κ1) is 15.3. The molecule has 0 unspecified atom stereocenters. The first-order chi connectivity index (χ1) is 9.38. The Balaban J connectivity index is 2.22. The molecule has 20 heavy (non-hydrogen) atoms. The fourth-order valence-corrected chi connectivity index (χ4v) is 4.39. The number of nitrogens with zero attached hydrogens (tertiary/aromatic N) is 1. The summed E-state index contributed by atoms with van der Waals surface area (Å²) < 4.78 is 32.2. The van der Waals surface area contributed by atoms with E-state index in [0.29, 0.717) is 30.3 Å². The summed E-state index contributed by atoms with van der Waals surface area (Å²) in [5.74, 6) is 0.634. The Bertz CT molecular complexity index is 552. The van der Waals surface area contributed by atoms with Crippen LogP contribution in [0.2, 0.25) is 0 Å². The van der Waals surface area contributed by atoms with Crippen molar-refractivity contribution in [1.29, 1.82) is 0 Å². The van der Waals surface area contributed by atoms with E-state index in [-0.39, 0.29) is 5.54 Å². The minimum Gasteiger partial charge on any atom is -0.492 e. The van der Waals surface area contributed by atoms with Crippen molar-refractivity contribution in [2.75, 3.05) is 19.7 Å². The summed E-state index contributed by atoms with van der Waals surface area (Å²) in [4.78, 5) is 0.313. The molecular weight excluding hydrogens is 276 g/mol. The highest BCUT2D eigenvalue weighted by Crippen LogP contribution is 2.34. The smallest absolute Gasteiger partial charge is 0.243 e. The zero-order chi connectivity index (χ0) is 14.8. The minimum atomic E-state index is -3.43. The van der Waals surface area contributed by atoms with Crippen LogP contribution in [0.3, 0.4) is 0 Å². The van der Waals surface area contributed by atoms with Gasteiger partial charge in [0.2, 0.25) is 10.0 Å². The zero-order valence-electron chi connectivity index (χ0n) is 12.0. The van der Waals surface area contributed by atoms with E-state index in [0.717, 1.165) is 12.8 Å². The second kappa shape index (κ2) is 5.71. The van der Waals surface area contributed by atoms with Crippen LogP contribution in [0.4, 0.5) is 0 Å². The van der Waals surface area contributed by atoms with Gasteiger partial charge in [0.1, 0.15) is 12.4 Å². The monoisotopic (exact) mass is 298 g/mol. The summed E-state index contributed by atoms with van der Waals surface area (Å²) in [6.07, 6.45) is 1.80. The predicted molar refractivity (Wildman–Crippen MR) is 78.2 cm³/mol. The fraction of sp³-hybridized carbons (Fsp3) is 0.571. The minimum absolute atomic E-state index is 0.312. The number of hydrogen-bond acceptors (Lipinski definition) is 4. The summed E-state index contributed by atoms with van der Waals surface area (Å²) in [6.45, 7) is 5.38. The van der Waals surface area contributed by atoms with Gasteiger partial charge in [-0.05, 0) is 51.0 Å². The van der Waals surface area contributed by atoms with Gasteiger partial charge in [-0.1, -0.05) is 0 Å². The van der Waals surface area contributed by atoms with Crippen molar-refractivity contribution in [3.05, 3.63) is 24.3 Å². The summed E-state index contributed by atoms with van der Waals surface area (Å²) in [6, 6.07) is 6.53. The van der Waals surface area contributed by atoms with Gasteiger partial charge in [-0.15, -0.1) is 0 Å². The Morgan fingerprint density at radius 2 is 1.95 bits per heavy atom. The third-order valence-corrected chi connectivity index (χ3v) is 5.75. The van der Waals surface area contributed by atoms with Gasteiger partial charge < -0.3 is 10.5 Å². The average Bonchev–Trinajstić information content (AvgIpc) is 2.77. The van der Waals surface area contributed by atoms with E-state index < -0.39 is 10.0 Å². The molecule has 0 amide bonds. The maximum absolute atomic E-state index is 12.6. The number of rotatable bonds is 5. The number of ether oxygens (including phenoxy) is 1. The molecule has 1 aliphatic heterocycles. The standard InChI is InChI=1S/C14H22N2O3S/c1-14(2)8-3-10-16(14)20(17,18)13-6-4-12(5-7-13)19-11-9-15/h4-7H,3,8-11,15H2,1-2H3. The lowest BCUT2D eigenvalue weighted by Crippen LogP contribution is -2.42. The highest BCUT2D eigenvalue weighted by Gasteiger charge is 2.40. The maximum Gasteiger partial charge on any atom is 0.243 e. The van der Waals surface area contributed by atoms with Crippen molar-refractivity contribution >= 4 is 10.0 Å². The Kier molecular flexibility index (Phi) is 4.36. The summed E-state index contributed by atoms with van der Waals surface area (Å²) in [5, 5.41) is 0. The molecular formula is C14H22N2O3S.